The maximum Gasteiger partial charge on any atom is 0.321 e. The van der Waals surface area contributed by atoms with Gasteiger partial charge in [0, 0.05) is 43.7 Å². The molecule has 0 bridgehead atoms. The van der Waals surface area contributed by atoms with Crippen LogP contribution in [-0.2, 0) is 16.1 Å². The normalized spacial score (nSPS) is 23.4. The predicted molar refractivity (Wildman–Crippen MR) is 133 cm³/mol. The number of hydrogen-bond donors (Lipinski definition) is 3. The molecule has 1 heterocycles. The quantitative estimate of drug-likeness (QED) is 0.547. The van der Waals surface area contributed by atoms with E-state index in [0.29, 0.717) is 18.9 Å². The molecule has 2 saturated carbocycles. The molecule has 0 aromatic heterocycles. The second kappa shape index (κ2) is 12.2. The molecule has 34 heavy (non-hydrogen) atoms. The Labute approximate surface area is 203 Å². The van der Waals surface area contributed by atoms with Crippen molar-refractivity contribution in [2.75, 3.05) is 18.4 Å². The number of nitrogens with one attached hydrogen (secondary N) is 3. The van der Waals surface area contributed by atoms with E-state index in [1.807, 2.05) is 29.2 Å². The first-order valence-electron chi connectivity index (χ1n) is 13.3. The minimum atomic E-state index is -0.0544. The van der Waals surface area contributed by atoms with Crippen molar-refractivity contribution < 1.29 is 14.4 Å². The SMILES string of the molecule is O=C(CC1CCCCC1)NC1CCC(C(=O)NCc2cccc(NC(=O)N3CCCC3)c2)CC1. The molecule has 1 aromatic rings. The fraction of sp³-hybridized carbons (Fsp3) is 0.667. The van der Waals surface area contributed by atoms with Crippen molar-refractivity contribution in [3.05, 3.63) is 29.8 Å². The van der Waals surface area contributed by atoms with Crippen molar-refractivity contribution in [1.29, 1.82) is 0 Å². The van der Waals surface area contributed by atoms with Crippen molar-refractivity contribution in [3.8, 4) is 0 Å². The van der Waals surface area contributed by atoms with Crippen LogP contribution in [0.3, 0.4) is 0 Å². The highest BCUT2D eigenvalue weighted by molar-refractivity contribution is 5.89. The fourth-order valence-electron chi connectivity index (χ4n) is 5.66. The van der Waals surface area contributed by atoms with Crippen LogP contribution in [0.1, 0.15) is 82.6 Å². The van der Waals surface area contributed by atoms with Gasteiger partial charge in [0.2, 0.25) is 11.8 Å². The number of likely N-dealkylation sites (tertiary alicyclic amines) is 1. The van der Waals surface area contributed by atoms with E-state index in [1.54, 1.807) is 0 Å². The summed E-state index contributed by atoms with van der Waals surface area (Å²) in [7, 11) is 0. The van der Waals surface area contributed by atoms with Crippen LogP contribution in [0.5, 0.6) is 0 Å². The summed E-state index contributed by atoms with van der Waals surface area (Å²) in [5.41, 5.74) is 1.73. The molecule has 186 valence electrons. The molecule has 0 radical (unpaired) electrons. The first-order chi connectivity index (χ1) is 16.6. The Morgan fingerprint density at radius 1 is 0.882 bits per heavy atom. The molecule has 1 aliphatic heterocycles. The summed E-state index contributed by atoms with van der Waals surface area (Å²) in [6, 6.07) is 7.82. The zero-order valence-electron chi connectivity index (χ0n) is 20.3. The summed E-state index contributed by atoms with van der Waals surface area (Å²) in [6.45, 7) is 2.08. The standard InChI is InChI=1S/C27H40N4O3/c32-25(18-20-7-2-1-3-8-20)29-23-13-11-22(12-14-23)26(33)28-19-21-9-6-10-24(17-21)30-27(34)31-15-4-5-16-31/h6,9-10,17,20,22-23H,1-5,7-8,11-16,18-19H2,(H,28,33)(H,29,32)(H,30,34). The highest BCUT2D eigenvalue weighted by Gasteiger charge is 2.27. The van der Waals surface area contributed by atoms with E-state index in [2.05, 4.69) is 16.0 Å². The summed E-state index contributed by atoms with van der Waals surface area (Å²) in [6.07, 6.45) is 12.4. The molecule has 2 aliphatic carbocycles. The van der Waals surface area contributed by atoms with Gasteiger partial charge in [-0.15, -0.1) is 0 Å². The van der Waals surface area contributed by atoms with Gasteiger partial charge in [-0.25, -0.2) is 4.79 Å². The van der Waals surface area contributed by atoms with E-state index in [4.69, 9.17) is 0 Å². The Morgan fingerprint density at radius 3 is 2.35 bits per heavy atom. The van der Waals surface area contributed by atoms with Crippen LogP contribution in [0, 0.1) is 11.8 Å². The molecule has 4 rings (SSSR count). The zero-order valence-corrected chi connectivity index (χ0v) is 20.3. The summed E-state index contributed by atoms with van der Waals surface area (Å²) >= 11 is 0. The number of hydrogen-bond acceptors (Lipinski definition) is 3. The van der Waals surface area contributed by atoms with Gasteiger partial charge in [-0.1, -0.05) is 31.4 Å². The number of amides is 4. The minimum absolute atomic E-state index is 0.00421. The van der Waals surface area contributed by atoms with Gasteiger partial charge in [0.1, 0.15) is 0 Å². The Hall–Kier alpha value is -2.57. The molecule has 1 aromatic carbocycles. The Morgan fingerprint density at radius 2 is 1.62 bits per heavy atom. The van der Waals surface area contributed by atoms with Crippen LogP contribution >= 0.6 is 0 Å². The second-order valence-corrected chi connectivity index (χ2v) is 10.4. The molecule has 3 fully saturated rings. The predicted octanol–water partition coefficient (Wildman–Crippen LogP) is 4.58. The van der Waals surface area contributed by atoms with E-state index in [1.165, 1.54) is 32.1 Å². The first-order valence-corrected chi connectivity index (χ1v) is 13.3. The monoisotopic (exact) mass is 468 g/mol. The van der Waals surface area contributed by atoms with Crippen LogP contribution in [0.2, 0.25) is 0 Å². The average Bonchev–Trinajstić information content (AvgIpc) is 3.39. The molecule has 0 spiro atoms. The number of carbonyl (C=O) groups is 3. The molecule has 0 atom stereocenters. The van der Waals surface area contributed by atoms with Crippen LogP contribution < -0.4 is 16.0 Å². The Balaban J connectivity index is 1.16. The van der Waals surface area contributed by atoms with Crippen molar-refractivity contribution in [2.24, 2.45) is 11.8 Å². The molecule has 7 nitrogen and oxygen atoms in total. The fourth-order valence-corrected chi connectivity index (χ4v) is 5.66. The number of carbonyl (C=O) groups excluding carboxylic acids is 3. The van der Waals surface area contributed by atoms with Crippen molar-refractivity contribution in [3.63, 3.8) is 0 Å². The molecule has 1 saturated heterocycles. The van der Waals surface area contributed by atoms with E-state index in [9.17, 15) is 14.4 Å². The van der Waals surface area contributed by atoms with Gasteiger partial charge < -0.3 is 20.9 Å². The lowest BCUT2D eigenvalue weighted by atomic mass is 9.84. The number of benzene rings is 1. The second-order valence-electron chi connectivity index (χ2n) is 10.4. The average molecular weight is 469 g/mol. The van der Waals surface area contributed by atoms with Gasteiger partial charge in [0.25, 0.3) is 0 Å². The molecule has 7 heteroatoms. The molecular formula is C27H40N4O3. The van der Waals surface area contributed by atoms with Gasteiger partial charge in [0.05, 0.1) is 0 Å². The Bertz CT molecular complexity index is 838. The number of urea groups is 1. The van der Waals surface area contributed by atoms with Crippen molar-refractivity contribution in [2.45, 2.75) is 89.6 Å². The molecular weight excluding hydrogens is 428 g/mol. The van der Waals surface area contributed by atoms with Crippen LogP contribution in [-0.4, -0.2) is 41.9 Å². The third-order valence-corrected chi connectivity index (χ3v) is 7.70. The van der Waals surface area contributed by atoms with Crippen LogP contribution in [0.4, 0.5) is 10.5 Å². The highest BCUT2D eigenvalue weighted by atomic mass is 16.2. The topological polar surface area (TPSA) is 90.5 Å². The summed E-state index contributed by atoms with van der Waals surface area (Å²) in [4.78, 5) is 39.3. The maximum atomic E-state index is 12.7. The lowest BCUT2D eigenvalue weighted by molar-refractivity contribution is -0.126. The largest absolute Gasteiger partial charge is 0.353 e. The van der Waals surface area contributed by atoms with E-state index in [0.717, 1.165) is 62.9 Å². The van der Waals surface area contributed by atoms with Gasteiger partial charge in [-0.2, -0.15) is 0 Å². The summed E-state index contributed by atoms with van der Waals surface area (Å²) < 4.78 is 0. The molecule has 3 aliphatic rings. The van der Waals surface area contributed by atoms with E-state index < -0.39 is 0 Å². The number of nitrogens with zero attached hydrogens (tertiary/aromatic N) is 1. The van der Waals surface area contributed by atoms with E-state index >= 15 is 0 Å². The Kier molecular flexibility index (Phi) is 8.83. The lowest BCUT2D eigenvalue weighted by Gasteiger charge is -2.29. The number of anilines is 1. The van der Waals surface area contributed by atoms with Gasteiger partial charge in [0.15, 0.2) is 0 Å². The third-order valence-electron chi connectivity index (χ3n) is 7.70. The van der Waals surface area contributed by atoms with Crippen LogP contribution in [0.15, 0.2) is 24.3 Å². The van der Waals surface area contributed by atoms with Gasteiger partial charge in [-0.3, -0.25) is 9.59 Å². The molecule has 0 unspecified atom stereocenters. The summed E-state index contributed by atoms with van der Waals surface area (Å²) in [5.74, 6) is 0.836. The lowest BCUT2D eigenvalue weighted by Crippen LogP contribution is -2.41. The molecule has 4 amide bonds. The summed E-state index contributed by atoms with van der Waals surface area (Å²) in [5, 5.41) is 9.24. The zero-order chi connectivity index (χ0) is 23.8. The third kappa shape index (κ3) is 7.21. The molecule has 3 N–H and O–H groups in total. The van der Waals surface area contributed by atoms with Crippen molar-refractivity contribution >= 4 is 23.5 Å². The van der Waals surface area contributed by atoms with Gasteiger partial charge >= 0.3 is 6.03 Å². The van der Waals surface area contributed by atoms with Gasteiger partial charge in [-0.05, 0) is 75.0 Å². The number of rotatable bonds is 7. The smallest absolute Gasteiger partial charge is 0.321 e. The highest BCUT2D eigenvalue weighted by Crippen LogP contribution is 2.28. The van der Waals surface area contributed by atoms with E-state index in [-0.39, 0.29) is 29.8 Å². The van der Waals surface area contributed by atoms with Crippen LogP contribution in [0.25, 0.3) is 0 Å². The minimum Gasteiger partial charge on any atom is -0.353 e. The first kappa shape index (κ1) is 24.6. The maximum absolute atomic E-state index is 12.7. The van der Waals surface area contributed by atoms with Crippen molar-refractivity contribution in [1.82, 2.24) is 15.5 Å².